The number of furan rings is 1. The van der Waals surface area contributed by atoms with Gasteiger partial charge < -0.3 is 43.6 Å². The summed E-state index contributed by atoms with van der Waals surface area (Å²) in [4.78, 5) is 43.4. The van der Waals surface area contributed by atoms with E-state index in [2.05, 4.69) is 56.6 Å². The van der Waals surface area contributed by atoms with Crippen molar-refractivity contribution in [2.45, 2.75) is 104 Å². The second-order valence-electron chi connectivity index (χ2n) is 20.3. The highest BCUT2D eigenvalue weighted by molar-refractivity contribution is 6.17. The van der Waals surface area contributed by atoms with Gasteiger partial charge in [-0.15, -0.1) is 0 Å². The molecule has 0 radical (unpaired) electrons. The van der Waals surface area contributed by atoms with Gasteiger partial charge in [0, 0.05) is 78.4 Å². The largest absolute Gasteiger partial charge is 0.493 e. The van der Waals surface area contributed by atoms with E-state index in [-0.39, 0.29) is 17.7 Å². The maximum atomic E-state index is 14.1. The smallest absolute Gasteiger partial charge is 0.220 e. The van der Waals surface area contributed by atoms with Crippen LogP contribution in [0.4, 0.5) is 5.82 Å². The second kappa shape index (κ2) is 31.7. The molecule has 1 unspecified atom stereocenters. The lowest BCUT2D eigenvalue weighted by Crippen LogP contribution is -2.24. The molecule has 14 nitrogen and oxygen atoms in total. The van der Waals surface area contributed by atoms with E-state index in [0.29, 0.717) is 114 Å². The van der Waals surface area contributed by atoms with Crippen LogP contribution in [0.15, 0.2) is 108 Å². The first-order valence-corrected chi connectivity index (χ1v) is 29.0. The highest BCUT2D eigenvalue weighted by Crippen LogP contribution is 2.33. The molecule has 3 aromatic heterocycles. The van der Waals surface area contributed by atoms with Gasteiger partial charge in [-0.2, -0.15) is 0 Å². The Balaban J connectivity index is 0.00000416. The van der Waals surface area contributed by atoms with Crippen LogP contribution in [0.1, 0.15) is 115 Å². The minimum Gasteiger partial charge on any atom is -0.493 e. The van der Waals surface area contributed by atoms with Crippen molar-refractivity contribution in [2.75, 3.05) is 91.0 Å². The lowest BCUT2D eigenvalue weighted by Gasteiger charge is -2.17. The number of hydrogen-bond donors (Lipinski definition) is 2. The van der Waals surface area contributed by atoms with Crippen LogP contribution in [0.2, 0.25) is 0 Å². The Hall–Kier alpha value is -6.99. The maximum absolute atomic E-state index is 14.1. The van der Waals surface area contributed by atoms with E-state index in [1.807, 2.05) is 94.4 Å². The number of fused-ring (bicyclic) bond motifs is 3. The van der Waals surface area contributed by atoms with E-state index in [9.17, 15) is 9.59 Å². The fraction of sp³-hybridized carbons (Fsp3) is 0.439. The molecule has 4 aromatic carbocycles. The highest BCUT2D eigenvalue weighted by atomic mass is 16.6. The van der Waals surface area contributed by atoms with E-state index in [1.165, 1.54) is 37.1 Å². The molecule has 14 heteroatoms. The predicted molar refractivity (Wildman–Crippen MR) is 317 cm³/mol. The number of rotatable bonds is 30. The molecule has 1 amide bonds. The van der Waals surface area contributed by atoms with Gasteiger partial charge in [-0.1, -0.05) is 62.1 Å². The third kappa shape index (κ3) is 17.3. The minimum atomic E-state index is -0.0766. The van der Waals surface area contributed by atoms with Gasteiger partial charge in [-0.3, -0.25) is 14.6 Å². The molecular formula is C66H80N6O8. The highest BCUT2D eigenvalue weighted by Gasteiger charge is 2.25. The fourth-order valence-corrected chi connectivity index (χ4v) is 10.4. The van der Waals surface area contributed by atoms with Crippen LogP contribution in [-0.2, 0) is 43.0 Å². The third-order valence-corrected chi connectivity index (χ3v) is 14.3. The quantitative estimate of drug-likeness (QED) is 0.0249. The van der Waals surface area contributed by atoms with Gasteiger partial charge in [-0.25, -0.2) is 9.97 Å². The average Bonchev–Trinajstić information content (AvgIpc) is 4.28. The molecule has 1 atom stereocenters. The van der Waals surface area contributed by atoms with Crippen molar-refractivity contribution in [1.29, 1.82) is 0 Å². The summed E-state index contributed by atoms with van der Waals surface area (Å²) in [7, 11) is 0. The first-order chi connectivity index (χ1) is 39.4. The summed E-state index contributed by atoms with van der Waals surface area (Å²) >= 11 is 0. The van der Waals surface area contributed by atoms with Crippen LogP contribution >= 0.6 is 0 Å². The first-order valence-electron chi connectivity index (χ1n) is 29.0. The van der Waals surface area contributed by atoms with Gasteiger partial charge in [0.15, 0.2) is 11.6 Å². The topological polar surface area (TPSA) is 159 Å². The number of ketones is 1. The summed E-state index contributed by atoms with van der Waals surface area (Å²) in [5.74, 6) is 9.27. The normalized spacial score (nSPS) is 13.9. The number of likely N-dealkylation sites (tertiary alicyclic amines) is 1. The van der Waals surface area contributed by atoms with Gasteiger partial charge >= 0.3 is 0 Å². The van der Waals surface area contributed by atoms with Gasteiger partial charge in [0.05, 0.1) is 57.3 Å². The summed E-state index contributed by atoms with van der Waals surface area (Å²) in [5.41, 5.74) is 9.13. The molecule has 1 aliphatic carbocycles. The van der Waals surface area contributed by atoms with Crippen LogP contribution in [-0.4, -0.2) is 123 Å². The predicted octanol–water partition coefficient (Wildman–Crippen LogP) is 11.5. The molecule has 9 rings (SSSR count). The third-order valence-electron chi connectivity index (χ3n) is 14.3. The fourth-order valence-electron chi connectivity index (χ4n) is 10.4. The number of carbonyl (C=O) groups excluding carboxylic acids is 2. The van der Waals surface area contributed by atoms with E-state index >= 15 is 0 Å². The maximum Gasteiger partial charge on any atom is 0.220 e. The van der Waals surface area contributed by atoms with Crippen LogP contribution in [0.25, 0.3) is 33.3 Å². The number of ether oxygens (including phenoxy) is 5. The second-order valence-corrected chi connectivity index (χ2v) is 20.3. The van der Waals surface area contributed by atoms with Gasteiger partial charge in [0.25, 0.3) is 0 Å². The number of aromatic nitrogens is 3. The minimum absolute atomic E-state index is 0.00224. The number of nitrogens with zero attached hydrogens (tertiary/aromatic N) is 4. The number of benzene rings is 4. The van der Waals surface area contributed by atoms with Crippen molar-refractivity contribution >= 4 is 39.4 Å². The molecule has 0 spiro atoms. The monoisotopic (exact) mass is 1080 g/mol. The molecule has 0 bridgehead atoms. The van der Waals surface area contributed by atoms with Crippen molar-refractivity contribution in [3.63, 3.8) is 0 Å². The van der Waals surface area contributed by atoms with E-state index in [1.54, 1.807) is 12.4 Å². The van der Waals surface area contributed by atoms with Crippen molar-refractivity contribution in [2.24, 2.45) is 0 Å². The number of hydrogen-bond acceptors (Lipinski definition) is 13. The molecule has 1 saturated heterocycles. The van der Waals surface area contributed by atoms with Crippen LogP contribution in [0, 0.1) is 25.7 Å². The molecule has 80 heavy (non-hydrogen) atoms. The SMILES string of the molecule is CC.Cc1cc(C(=O)c2c(CCCC(=O)NCCCCCOCCOCCOCCOCC#Cc3ccc4c(c3)CC(Nc3nc(-c5cccnc5)nc5ccccc35)C4)oc3ccccc23)cc(C)c1OCCCN1CCCC1. The first kappa shape index (κ1) is 59.1. The van der Waals surface area contributed by atoms with Crippen molar-refractivity contribution in [3.8, 4) is 29.0 Å². The lowest BCUT2D eigenvalue weighted by molar-refractivity contribution is -0.121. The molecule has 2 aliphatic rings. The summed E-state index contributed by atoms with van der Waals surface area (Å²) in [6.45, 7) is 16.6. The van der Waals surface area contributed by atoms with E-state index in [0.717, 1.165) is 95.2 Å². The number of aryl methyl sites for hydroxylation is 3. The number of para-hydroxylation sites is 2. The van der Waals surface area contributed by atoms with Crippen LogP contribution in [0.5, 0.6) is 5.75 Å². The summed E-state index contributed by atoms with van der Waals surface area (Å²) in [5, 5.41) is 8.55. The number of amides is 1. The lowest BCUT2D eigenvalue weighted by atomic mass is 9.95. The molecule has 0 saturated carbocycles. The van der Waals surface area contributed by atoms with Gasteiger partial charge in [0.2, 0.25) is 5.91 Å². The Labute approximate surface area is 472 Å². The summed E-state index contributed by atoms with van der Waals surface area (Å²) in [6, 6.07) is 30.1. The molecular weight excluding hydrogens is 1000 g/mol. The van der Waals surface area contributed by atoms with Crippen molar-refractivity contribution in [3.05, 3.63) is 148 Å². The Morgan fingerprint density at radius 3 is 2.23 bits per heavy atom. The van der Waals surface area contributed by atoms with Gasteiger partial charge in [0.1, 0.15) is 29.5 Å². The standard InChI is InChI=1S/C64H74N6O8.C2H6/c1-46-40-52(41-47(2)62(46)77-33-15-30-70-28-9-10-29-70)61(72)60-55-19-5-7-21-57(55)78-58(60)22-12-23-59(71)66-27-8-3-11-31-73-34-36-75-38-39-76-37-35-74-32-14-16-48-24-25-49-43-53(44-51(49)42-48)67-64-54-18-4-6-20-56(54)68-63(69-64)50-17-13-26-65-45-50;1-2/h4-7,13,17-21,24-26,40-42,45,53H,3,8-12,15,22-23,27-39,43-44H2,1-2H3,(H,66,71)(H,67,68,69);1-2H3. The molecule has 2 N–H and O–H groups in total. The van der Waals surface area contributed by atoms with Crippen LogP contribution in [0.3, 0.4) is 0 Å². The molecule has 7 aromatic rings. The Morgan fingerprint density at radius 2 is 1.45 bits per heavy atom. The van der Waals surface area contributed by atoms with Crippen molar-refractivity contribution in [1.82, 2.24) is 25.2 Å². The van der Waals surface area contributed by atoms with E-state index in [4.69, 9.17) is 38.1 Å². The van der Waals surface area contributed by atoms with Crippen molar-refractivity contribution < 1.29 is 37.7 Å². The summed E-state index contributed by atoms with van der Waals surface area (Å²) in [6.07, 6.45) is 13.0. The summed E-state index contributed by atoms with van der Waals surface area (Å²) < 4.78 is 35.2. The zero-order valence-corrected chi connectivity index (χ0v) is 47.4. The Morgan fingerprint density at radius 1 is 0.725 bits per heavy atom. The number of anilines is 1. The molecule has 4 heterocycles. The molecule has 422 valence electrons. The number of unbranched alkanes of at least 4 members (excludes halogenated alkanes) is 2. The zero-order valence-electron chi connectivity index (χ0n) is 47.4. The van der Waals surface area contributed by atoms with Crippen LogP contribution < -0.4 is 15.4 Å². The van der Waals surface area contributed by atoms with E-state index < -0.39 is 0 Å². The Bertz CT molecular complexity index is 3120. The number of carbonyl (C=O) groups is 2. The zero-order chi connectivity index (χ0) is 55.7. The average molecular weight is 1090 g/mol. The number of pyridine rings is 1. The van der Waals surface area contributed by atoms with Gasteiger partial charge in [-0.05, 0) is 162 Å². The number of nitrogens with one attached hydrogen (secondary N) is 2. The molecule has 1 aliphatic heterocycles. The molecule has 1 fully saturated rings. The Kier molecular flexibility index (Phi) is 23.4.